The Morgan fingerprint density at radius 1 is 1.13 bits per heavy atom. The number of pyridine rings is 1. The van der Waals surface area contributed by atoms with Crippen molar-refractivity contribution in [2.45, 2.75) is 46.1 Å². The molecule has 1 aliphatic rings. The van der Waals surface area contributed by atoms with Gasteiger partial charge in [0, 0.05) is 44.8 Å². The zero-order valence-electron chi connectivity index (χ0n) is 19.1. The van der Waals surface area contributed by atoms with Crippen molar-refractivity contribution >= 4 is 35.6 Å². The summed E-state index contributed by atoms with van der Waals surface area (Å²) in [6.07, 6.45) is 5.15. The molecule has 0 bridgehead atoms. The van der Waals surface area contributed by atoms with E-state index in [1.165, 1.54) is 12.8 Å². The molecule has 1 atom stereocenters. The fraction of sp³-hybridized carbons (Fsp3) is 0.682. The smallest absolute Gasteiger partial charge is 0.191 e. The summed E-state index contributed by atoms with van der Waals surface area (Å²) in [5.74, 6) is 2.48. The first kappa shape index (κ1) is 25.8. The lowest BCUT2D eigenvalue weighted by Crippen LogP contribution is -2.49. The van der Waals surface area contributed by atoms with Gasteiger partial charge in [-0.25, -0.2) is 0 Å². The Hall–Kier alpha value is -1.46. The predicted molar refractivity (Wildman–Crippen MR) is 136 cm³/mol. The number of nitrogens with one attached hydrogen (secondary N) is 2. The molecule has 1 aliphatic heterocycles. The van der Waals surface area contributed by atoms with Gasteiger partial charge in [0.05, 0.1) is 19.8 Å². The van der Waals surface area contributed by atoms with Crippen molar-refractivity contribution in [1.82, 2.24) is 30.1 Å². The minimum Gasteiger partial charge on any atom is -0.379 e. The van der Waals surface area contributed by atoms with Gasteiger partial charge in [0.15, 0.2) is 11.6 Å². The first-order chi connectivity index (χ1) is 14.8. The molecule has 0 spiro atoms. The van der Waals surface area contributed by atoms with Crippen LogP contribution in [0.3, 0.4) is 0 Å². The number of nitrogens with zero attached hydrogens (tertiary/aromatic N) is 5. The van der Waals surface area contributed by atoms with Crippen LogP contribution >= 0.6 is 24.0 Å². The first-order valence-corrected chi connectivity index (χ1v) is 11.4. The van der Waals surface area contributed by atoms with Gasteiger partial charge >= 0.3 is 0 Å². The van der Waals surface area contributed by atoms with Crippen LogP contribution in [0.15, 0.2) is 29.4 Å². The molecule has 2 aromatic heterocycles. The molecule has 0 aliphatic carbocycles. The van der Waals surface area contributed by atoms with E-state index >= 15 is 0 Å². The van der Waals surface area contributed by atoms with E-state index in [-0.39, 0.29) is 24.0 Å². The largest absolute Gasteiger partial charge is 0.379 e. The normalized spacial score (nSPS) is 16.3. The van der Waals surface area contributed by atoms with Crippen LogP contribution in [0.5, 0.6) is 0 Å². The Balaban J connectivity index is 0.00000341. The van der Waals surface area contributed by atoms with Crippen molar-refractivity contribution in [2.24, 2.45) is 10.9 Å². The van der Waals surface area contributed by atoms with Crippen LogP contribution < -0.4 is 10.6 Å². The molecule has 1 fully saturated rings. The van der Waals surface area contributed by atoms with Gasteiger partial charge in [0.2, 0.25) is 0 Å². The lowest BCUT2D eigenvalue weighted by Gasteiger charge is -2.38. The molecular weight excluding hydrogens is 505 g/mol. The van der Waals surface area contributed by atoms with E-state index in [2.05, 4.69) is 46.5 Å². The van der Waals surface area contributed by atoms with Gasteiger partial charge in [0.25, 0.3) is 0 Å². The maximum absolute atomic E-state index is 5.56. The van der Waals surface area contributed by atoms with Gasteiger partial charge < -0.3 is 15.4 Å². The van der Waals surface area contributed by atoms with Gasteiger partial charge in [-0.1, -0.05) is 32.8 Å². The average molecular weight is 543 g/mol. The van der Waals surface area contributed by atoms with Gasteiger partial charge in [-0.05, 0) is 25.0 Å². The zero-order chi connectivity index (χ0) is 21.2. The molecule has 0 radical (unpaired) electrons. The van der Waals surface area contributed by atoms with Crippen LogP contribution in [0.1, 0.15) is 39.4 Å². The molecule has 8 nitrogen and oxygen atoms in total. The van der Waals surface area contributed by atoms with Gasteiger partial charge in [-0.3, -0.25) is 14.3 Å². The summed E-state index contributed by atoms with van der Waals surface area (Å²) in [5, 5.41) is 15.4. The molecule has 2 N–H and O–H groups in total. The number of aliphatic imine (C=N–C) groups is 1. The number of aromatic nitrogens is 3. The summed E-state index contributed by atoms with van der Waals surface area (Å²) < 4.78 is 7.60. The molecule has 1 unspecified atom stereocenters. The third-order valence-corrected chi connectivity index (χ3v) is 5.91. The number of ether oxygens (including phenoxy) is 1. The van der Waals surface area contributed by atoms with Crippen LogP contribution in [0.2, 0.25) is 0 Å². The second kappa shape index (κ2) is 13.8. The Kier molecular flexibility index (Phi) is 11.5. The number of hydrogen-bond donors (Lipinski definition) is 2. The average Bonchev–Trinajstić information content (AvgIpc) is 3.20. The first-order valence-electron chi connectivity index (χ1n) is 11.4. The molecular formula is C22H38IN7O. The standard InChI is InChI=1S/C22H37N7O.HI/c1-4-18(5-2)19(28-13-15-30-16-14-28)17-25-22(23-6-3)24-11-10-21-27-26-20-9-7-8-12-29(20)21;/h7-9,12,18-19H,4-6,10-11,13-17H2,1-3H3,(H2,23,24,25);1H. The number of rotatable bonds is 10. The van der Waals surface area contributed by atoms with Gasteiger partial charge in [0.1, 0.15) is 5.82 Å². The highest BCUT2D eigenvalue weighted by molar-refractivity contribution is 14.0. The fourth-order valence-corrected chi connectivity index (χ4v) is 4.19. The maximum atomic E-state index is 5.56. The molecule has 3 rings (SSSR count). The third kappa shape index (κ3) is 7.28. The zero-order valence-corrected chi connectivity index (χ0v) is 21.4. The van der Waals surface area contributed by atoms with E-state index in [0.29, 0.717) is 12.0 Å². The van der Waals surface area contributed by atoms with Crippen LogP contribution in [0.4, 0.5) is 0 Å². The molecule has 174 valence electrons. The fourth-order valence-electron chi connectivity index (χ4n) is 4.19. The lowest BCUT2D eigenvalue weighted by molar-refractivity contribution is 0.00395. The summed E-state index contributed by atoms with van der Waals surface area (Å²) in [7, 11) is 0. The van der Waals surface area contributed by atoms with Crippen molar-refractivity contribution in [1.29, 1.82) is 0 Å². The van der Waals surface area contributed by atoms with E-state index < -0.39 is 0 Å². The second-order valence-corrected chi connectivity index (χ2v) is 7.73. The van der Waals surface area contributed by atoms with Crippen molar-refractivity contribution in [3.05, 3.63) is 30.2 Å². The lowest BCUT2D eigenvalue weighted by atomic mass is 9.92. The van der Waals surface area contributed by atoms with Gasteiger partial charge in [-0.15, -0.1) is 34.2 Å². The Bertz CT molecular complexity index is 787. The molecule has 9 heteroatoms. The minimum absolute atomic E-state index is 0. The van der Waals surface area contributed by atoms with Crippen LogP contribution in [-0.4, -0.2) is 77.4 Å². The van der Waals surface area contributed by atoms with E-state index in [9.17, 15) is 0 Å². The highest BCUT2D eigenvalue weighted by Crippen LogP contribution is 2.20. The number of halogens is 1. The van der Waals surface area contributed by atoms with E-state index in [1.807, 2.05) is 28.8 Å². The molecule has 3 heterocycles. The number of hydrogen-bond acceptors (Lipinski definition) is 5. The number of morpholine rings is 1. The summed E-state index contributed by atoms with van der Waals surface area (Å²) in [6.45, 7) is 12.7. The van der Waals surface area contributed by atoms with Gasteiger partial charge in [-0.2, -0.15) is 0 Å². The van der Waals surface area contributed by atoms with Crippen molar-refractivity contribution in [3.8, 4) is 0 Å². The molecule has 0 aromatic carbocycles. The Morgan fingerprint density at radius 2 is 1.90 bits per heavy atom. The number of guanidine groups is 1. The molecule has 1 saturated heterocycles. The Morgan fingerprint density at radius 3 is 2.61 bits per heavy atom. The highest BCUT2D eigenvalue weighted by Gasteiger charge is 2.26. The molecule has 0 saturated carbocycles. The van der Waals surface area contributed by atoms with E-state index in [1.54, 1.807) is 0 Å². The summed E-state index contributed by atoms with van der Waals surface area (Å²) in [6, 6.07) is 6.41. The summed E-state index contributed by atoms with van der Waals surface area (Å²) in [5.41, 5.74) is 0.881. The molecule has 2 aromatic rings. The molecule has 31 heavy (non-hydrogen) atoms. The maximum Gasteiger partial charge on any atom is 0.191 e. The number of fused-ring (bicyclic) bond motifs is 1. The minimum atomic E-state index is 0. The Labute approximate surface area is 203 Å². The second-order valence-electron chi connectivity index (χ2n) is 7.73. The molecule has 0 amide bonds. The SMILES string of the molecule is CCNC(=NCC(C(CC)CC)N1CCOCC1)NCCc1nnc2ccccn12.I. The third-order valence-electron chi connectivity index (χ3n) is 5.91. The van der Waals surface area contributed by atoms with E-state index in [0.717, 1.165) is 69.8 Å². The summed E-state index contributed by atoms with van der Waals surface area (Å²) in [4.78, 5) is 7.52. The topological polar surface area (TPSA) is 79.1 Å². The van der Waals surface area contributed by atoms with Crippen molar-refractivity contribution < 1.29 is 4.74 Å². The van der Waals surface area contributed by atoms with Crippen molar-refractivity contribution in [2.75, 3.05) is 45.9 Å². The quantitative estimate of drug-likeness (QED) is 0.273. The van der Waals surface area contributed by atoms with Crippen LogP contribution in [0.25, 0.3) is 5.65 Å². The predicted octanol–water partition coefficient (Wildman–Crippen LogP) is 2.58. The van der Waals surface area contributed by atoms with Crippen LogP contribution in [0, 0.1) is 5.92 Å². The van der Waals surface area contributed by atoms with Crippen LogP contribution in [-0.2, 0) is 11.2 Å². The van der Waals surface area contributed by atoms with Crippen molar-refractivity contribution in [3.63, 3.8) is 0 Å². The monoisotopic (exact) mass is 543 g/mol. The summed E-state index contributed by atoms with van der Waals surface area (Å²) >= 11 is 0. The highest BCUT2D eigenvalue weighted by atomic mass is 127. The van der Waals surface area contributed by atoms with E-state index in [4.69, 9.17) is 9.73 Å².